The average Bonchev–Trinajstić information content (AvgIpc) is 2.79. The van der Waals surface area contributed by atoms with Crippen LogP contribution in [0.15, 0.2) is 22.8 Å². The molecule has 2 N–H and O–H groups in total. The van der Waals surface area contributed by atoms with E-state index in [1.807, 2.05) is 12.1 Å². The molecular formula is C10H15NO3. The molecule has 1 aliphatic rings. The van der Waals surface area contributed by atoms with Gasteiger partial charge in [-0.3, -0.25) is 0 Å². The van der Waals surface area contributed by atoms with Crippen LogP contribution in [0, 0.1) is 0 Å². The maximum absolute atomic E-state index is 5.61. The first-order valence-electron chi connectivity index (χ1n) is 4.88. The fraction of sp³-hybridized carbons (Fsp3) is 0.600. The molecule has 0 radical (unpaired) electrons. The molecule has 0 aliphatic carbocycles. The first-order valence-corrected chi connectivity index (χ1v) is 4.88. The summed E-state index contributed by atoms with van der Waals surface area (Å²) in [6, 6.07) is 3.78. The number of rotatable bonds is 4. The maximum atomic E-state index is 5.61. The van der Waals surface area contributed by atoms with Gasteiger partial charge in [0, 0.05) is 0 Å². The minimum Gasteiger partial charge on any atom is -0.469 e. The Kier molecular flexibility index (Phi) is 3.18. The van der Waals surface area contributed by atoms with Crippen LogP contribution in [0.4, 0.5) is 0 Å². The van der Waals surface area contributed by atoms with Crippen LogP contribution in [0.25, 0.3) is 0 Å². The van der Waals surface area contributed by atoms with Crippen molar-refractivity contribution in [2.75, 3.05) is 13.2 Å². The summed E-state index contributed by atoms with van der Waals surface area (Å²) in [6.45, 7) is 1.28. The summed E-state index contributed by atoms with van der Waals surface area (Å²) in [5, 5.41) is 0. The summed E-state index contributed by atoms with van der Waals surface area (Å²) >= 11 is 0. The van der Waals surface area contributed by atoms with Gasteiger partial charge in [0.15, 0.2) is 6.29 Å². The molecular weight excluding hydrogens is 182 g/mol. The van der Waals surface area contributed by atoms with Crippen molar-refractivity contribution in [3.05, 3.63) is 24.2 Å². The standard InChI is InChI=1S/C10H15NO3/c11-4-3-9-7-13-10(14-9)6-8-2-1-5-12-8/h1-2,5,9-10H,3-4,6-7,11H2. The van der Waals surface area contributed by atoms with Crippen LogP contribution in [0.2, 0.25) is 0 Å². The summed E-state index contributed by atoms with van der Waals surface area (Å²) in [4.78, 5) is 0. The van der Waals surface area contributed by atoms with E-state index < -0.39 is 0 Å². The molecule has 2 heterocycles. The molecule has 2 rings (SSSR count). The van der Waals surface area contributed by atoms with Crippen molar-refractivity contribution in [1.82, 2.24) is 0 Å². The van der Waals surface area contributed by atoms with Crippen molar-refractivity contribution < 1.29 is 13.9 Å². The van der Waals surface area contributed by atoms with Crippen LogP contribution in [-0.2, 0) is 15.9 Å². The molecule has 1 aliphatic heterocycles. The Hall–Kier alpha value is -0.840. The molecule has 0 amide bonds. The van der Waals surface area contributed by atoms with Gasteiger partial charge in [0.05, 0.1) is 25.4 Å². The van der Waals surface area contributed by atoms with Gasteiger partial charge >= 0.3 is 0 Å². The van der Waals surface area contributed by atoms with Crippen molar-refractivity contribution in [2.24, 2.45) is 5.73 Å². The molecule has 0 saturated carbocycles. The van der Waals surface area contributed by atoms with Gasteiger partial charge in [-0.25, -0.2) is 0 Å². The van der Waals surface area contributed by atoms with Gasteiger partial charge in [-0.2, -0.15) is 0 Å². The maximum Gasteiger partial charge on any atom is 0.165 e. The van der Waals surface area contributed by atoms with Crippen LogP contribution in [0.5, 0.6) is 0 Å². The average molecular weight is 197 g/mol. The number of nitrogens with two attached hydrogens (primary N) is 1. The lowest BCUT2D eigenvalue weighted by atomic mass is 10.3. The Morgan fingerprint density at radius 2 is 2.43 bits per heavy atom. The van der Waals surface area contributed by atoms with E-state index in [4.69, 9.17) is 19.6 Å². The van der Waals surface area contributed by atoms with E-state index >= 15 is 0 Å². The van der Waals surface area contributed by atoms with Gasteiger partial charge in [0.1, 0.15) is 5.76 Å². The van der Waals surface area contributed by atoms with Crippen molar-refractivity contribution >= 4 is 0 Å². The van der Waals surface area contributed by atoms with E-state index in [2.05, 4.69) is 0 Å². The Morgan fingerprint density at radius 3 is 3.14 bits per heavy atom. The van der Waals surface area contributed by atoms with Crippen molar-refractivity contribution in [1.29, 1.82) is 0 Å². The Balaban J connectivity index is 1.79. The molecule has 14 heavy (non-hydrogen) atoms. The lowest BCUT2D eigenvalue weighted by molar-refractivity contribution is -0.0590. The highest BCUT2D eigenvalue weighted by molar-refractivity contribution is 4.99. The number of furan rings is 1. The number of hydrogen-bond acceptors (Lipinski definition) is 4. The second-order valence-electron chi connectivity index (χ2n) is 3.38. The minimum atomic E-state index is -0.169. The van der Waals surface area contributed by atoms with Gasteiger partial charge in [0.2, 0.25) is 0 Å². The lowest BCUT2D eigenvalue weighted by Crippen LogP contribution is -2.17. The highest BCUT2D eigenvalue weighted by Gasteiger charge is 2.25. The van der Waals surface area contributed by atoms with Crippen LogP contribution >= 0.6 is 0 Å². The summed E-state index contributed by atoms with van der Waals surface area (Å²) in [7, 11) is 0. The lowest BCUT2D eigenvalue weighted by Gasteiger charge is -2.08. The molecule has 0 bridgehead atoms. The SMILES string of the molecule is NCCC1COC(Cc2ccco2)O1. The van der Waals surface area contributed by atoms with Crippen molar-refractivity contribution in [3.63, 3.8) is 0 Å². The highest BCUT2D eigenvalue weighted by Crippen LogP contribution is 2.17. The van der Waals surface area contributed by atoms with E-state index in [1.54, 1.807) is 6.26 Å². The highest BCUT2D eigenvalue weighted by atomic mass is 16.7. The molecule has 4 heteroatoms. The number of ether oxygens (including phenoxy) is 2. The summed E-state index contributed by atoms with van der Waals surface area (Å²) < 4.78 is 16.3. The Morgan fingerprint density at radius 1 is 1.50 bits per heavy atom. The molecule has 2 unspecified atom stereocenters. The third-order valence-electron chi connectivity index (χ3n) is 2.25. The Labute approximate surface area is 83.0 Å². The van der Waals surface area contributed by atoms with Crippen molar-refractivity contribution in [3.8, 4) is 0 Å². The van der Waals surface area contributed by atoms with Gasteiger partial charge in [0.25, 0.3) is 0 Å². The van der Waals surface area contributed by atoms with E-state index in [0.29, 0.717) is 19.6 Å². The topological polar surface area (TPSA) is 57.6 Å². The molecule has 4 nitrogen and oxygen atoms in total. The predicted octanol–water partition coefficient (Wildman–Crippen LogP) is 0.912. The predicted molar refractivity (Wildman–Crippen MR) is 50.7 cm³/mol. The van der Waals surface area contributed by atoms with E-state index in [1.165, 1.54) is 0 Å². The Bertz CT molecular complexity index is 260. The zero-order valence-electron chi connectivity index (χ0n) is 8.02. The molecule has 1 aromatic rings. The van der Waals surface area contributed by atoms with E-state index in [-0.39, 0.29) is 12.4 Å². The number of hydrogen-bond donors (Lipinski definition) is 1. The van der Waals surface area contributed by atoms with E-state index in [0.717, 1.165) is 12.2 Å². The second-order valence-corrected chi connectivity index (χ2v) is 3.38. The summed E-state index contributed by atoms with van der Waals surface area (Å²) in [5.41, 5.74) is 5.44. The normalized spacial score (nSPS) is 26.9. The zero-order chi connectivity index (χ0) is 9.80. The smallest absolute Gasteiger partial charge is 0.165 e. The van der Waals surface area contributed by atoms with Crippen LogP contribution < -0.4 is 5.73 Å². The molecule has 1 aromatic heterocycles. The van der Waals surface area contributed by atoms with Gasteiger partial charge < -0.3 is 19.6 Å². The molecule has 0 aromatic carbocycles. The minimum absolute atomic E-state index is 0.153. The third kappa shape index (κ3) is 2.35. The molecule has 0 spiro atoms. The molecule has 78 valence electrons. The van der Waals surface area contributed by atoms with Gasteiger partial charge in [-0.15, -0.1) is 0 Å². The fourth-order valence-corrected chi connectivity index (χ4v) is 1.55. The van der Waals surface area contributed by atoms with Crippen LogP contribution in [-0.4, -0.2) is 25.5 Å². The van der Waals surface area contributed by atoms with Gasteiger partial charge in [-0.1, -0.05) is 0 Å². The monoisotopic (exact) mass is 197 g/mol. The molecule has 2 atom stereocenters. The van der Waals surface area contributed by atoms with Crippen LogP contribution in [0.3, 0.4) is 0 Å². The quantitative estimate of drug-likeness (QED) is 0.779. The largest absolute Gasteiger partial charge is 0.469 e. The van der Waals surface area contributed by atoms with Crippen molar-refractivity contribution in [2.45, 2.75) is 25.2 Å². The van der Waals surface area contributed by atoms with Crippen LogP contribution in [0.1, 0.15) is 12.2 Å². The first-order chi connectivity index (χ1) is 6.88. The summed E-state index contributed by atoms with van der Waals surface area (Å²) in [6.07, 6.45) is 3.17. The fourth-order valence-electron chi connectivity index (χ4n) is 1.55. The zero-order valence-corrected chi connectivity index (χ0v) is 8.02. The van der Waals surface area contributed by atoms with Gasteiger partial charge in [-0.05, 0) is 25.1 Å². The molecule has 1 saturated heterocycles. The first kappa shape index (κ1) is 9.71. The third-order valence-corrected chi connectivity index (χ3v) is 2.25. The molecule has 1 fully saturated rings. The summed E-state index contributed by atoms with van der Waals surface area (Å²) in [5.74, 6) is 0.892. The van der Waals surface area contributed by atoms with E-state index in [9.17, 15) is 0 Å². The second kappa shape index (κ2) is 4.59.